The van der Waals surface area contributed by atoms with Gasteiger partial charge in [-0.2, -0.15) is 0 Å². The van der Waals surface area contributed by atoms with E-state index in [9.17, 15) is 0 Å². The van der Waals surface area contributed by atoms with Crippen molar-refractivity contribution in [1.82, 2.24) is 0 Å². The zero-order chi connectivity index (χ0) is 8.10. The molecule has 1 rings (SSSR count). The lowest BCUT2D eigenvalue weighted by atomic mass is 10.3. The fourth-order valence-electron chi connectivity index (χ4n) is 1.13. The predicted octanol–water partition coefficient (Wildman–Crippen LogP) is 2.34. The van der Waals surface area contributed by atoms with Crippen molar-refractivity contribution < 1.29 is 5.11 Å². The molecule has 0 aromatic rings. The molecule has 2 atom stereocenters. The maximum absolute atomic E-state index is 8.88. The lowest BCUT2D eigenvalue weighted by molar-refractivity contribution is 0.301. The molecule has 1 fully saturated rings. The Labute approximate surface area is 77.3 Å². The van der Waals surface area contributed by atoms with E-state index in [2.05, 4.69) is 6.92 Å². The van der Waals surface area contributed by atoms with Crippen LogP contribution in [-0.2, 0) is 0 Å². The Hall–Kier alpha value is 0.660. The molecule has 1 nitrogen and oxygen atoms in total. The molecule has 66 valence electrons. The molecule has 0 aromatic heterocycles. The molecule has 1 heterocycles. The summed E-state index contributed by atoms with van der Waals surface area (Å²) in [4.78, 5) is 0. The molecule has 0 radical (unpaired) electrons. The molecule has 0 amide bonds. The first-order valence-electron chi connectivity index (χ1n) is 4.24. The molecular formula is C8H16OS2. The molecule has 0 aromatic carbocycles. The standard InChI is InChI=1S/C8H16OS2/c1-2-3-4-8-10-6-7(5-9)11-8/h7-9H,2-6H2,1H3. The van der Waals surface area contributed by atoms with Crippen LogP contribution in [-0.4, -0.2) is 27.3 Å². The van der Waals surface area contributed by atoms with Crippen LogP contribution in [0.3, 0.4) is 0 Å². The Morgan fingerprint density at radius 1 is 1.55 bits per heavy atom. The van der Waals surface area contributed by atoms with E-state index in [0.717, 1.165) is 10.3 Å². The summed E-state index contributed by atoms with van der Waals surface area (Å²) in [5.74, 6) is 1.15. The number of thioether (sulfide) groups is 2. The number of hydrogen-bond donors (Lipinski definition) is 1. The minimum absolute atomic E-state index is 0.361. The second kappa shape index (κ2) is 5.33. The third-order valence-corrected chi connectivity index (χ3v) is 5.20. The van der Waals surface area contributed by atoms with Crippen molar-refractivity contribution in [2.24, 2.45) is 0 Å². The molecule has 1 N–H and O–H groups in total. The van der Waals surface area contributed by atoms with Crippen LogP contribution in [0.25, 0.3) is 0 Å². The van der Waals surface area contributed by atoms with Crippen LogP contribution >= 0.6 is 23.5 Å². The molecule has 1 saturated heterocycles. The first-order chi connectivity index (χ1) is 5.36. The van der Waals surface area contributed by atoms with Crippen LogP contribution in [0.2, 0.25) is 0 Å². The zero-order valence-electron chi connectivity index (χ0n) is 6.95. The Bertz CT molecular complexity index is 108. The molecule has 0 bridgehead atoms. The minimum Gasteiger partial charge on any atom is -0.395 e. The maximum atomic E-state index is 8.88. The van der Waals surface area contributed by atoms with Crippen LogP contribution in [0.4, 0.5) is 0 Å². The molecule has 0 saturated carbocycles. The van der Waals surface area contributed by atoms with E-state index < -0.39 is 0 Å². The Kier molecular flexibility index (Phi) is 4.72. The average Bonchev–Trinajstić information content (AvgIpc) is 2.48. The van der Waals surface area contributed by atoms with Crippen LogP contribution < -0.4 is 0 Å². The van der Waals surface area contributed by atoms with Crippen molar-refractivity contribution in [1.29, 1.82) is 0 Å². The van der Waals surface area contributed by atoms with Gasteiger partial charge >= 0.3 is 0 Å². The van der Waals surface area contributed by atoms with Gasteiger partial charge in [-0.3, -0.25) is 0 Å². The molecule has 3 heteroatoms. The fourth-order valence-corrected chi connectivity index (χ4v) is 4.38. The molecule has 0 spiro atoms. The van der Waals surface area contributed by atoms with Gasteiger partial charge in [0.2, 0.25) is 0 Å². The second-order valence-electron chi connectivity index (χ2n) is 2.85. The summed E-state index contributed by atoms with van der Waals surface area (Å²) in [7, 11) is 0. The Balaban J connectivity index is 2.09. The maximum Gasteiger partial charge on any atom is 0.0558 e. The summed E-state index contributed by atoms with van der Waals surface area (Å²) in [5.41, 5.74) is 0. The summed E-state index contributed by atoms with van der Waals surface area (Å²) in [5, 5.41) is 9.39. The summed E-state index contributed by atoms with van der Waals surface area (Å²) in [6, 6.07) is 0. The van der Waals surface area contributed by atoms with E-state index in [1.165, 1.54) is 19.3 Å². The van der Waals surface area contributed by atoms with E-state index >= 15 is 0 Å². The first kappa shape index (κ1) is 9.75. The highest BCUT2D eigenvalue weighted by atomic mass is 32.2. The highest BCUT2D eigenvalue weighted by Gasteiger charge is 2.24. The number of aliphatic hydroxyl groups is 1. The fraction of sp³-hybridized carbons (Fsp3) is 1.00. The van der Waals surface area contributed by atoms with E-state index in [1.54, 1.807) is 0 Å². The second-order valence-corrected chi connectivity index (χ2v) is 5.89. The number of rotatable bonds is 4. The Morgan fingerprint density at radius 2 is 2.36 bits per heavy atom. The number of hydrogen-bond acceptors (Lipinski definition) is 3. The van der Waals surface area contributed by atoms with Crippen LogP contribution in [0.1, 0.15) is 26.2 Å². The highest BCUT2D eigenvalue weighted by Crippen LogP contribution is 2.40. The number of unbranched alkanes of at least 4 members (excludes halogenated alkanes) is 1. The predicted molar refractivity (Wildman–Crippen MR) is 54.2 cm³/mol. The topological polar surface area (TPSA) is 20.2 Å². The minimum atomic E-state index is 0.361. The third-order valence-electron chi connectivity index (χ3n) is 1.81. The van der Waals surface area contributed by atoms with E-state index in [4.69, 9.17) is 5.11 Å². The van der Waals surface area contributed by atoms with E-state index in [0.29, 0.717) is 11.9 Å². The highest BCUT2D eigenvalue weighted by molar-refractivity contribution is 8.20. The lowest BCUT2D eigenvalue weighted by Gasteiger charge is -2.06. The van der Waals surface area contributed by atoms with E-state index in [-0.39, 0.29) is 0 Å². The molecule has 1 aliphatic heterocycles. The van der Waals surface area contributed by atoms with Crippen LogP contribution in [0.15, 0.2) is 0 Å². The summed E-state index contributed by atoms with van der Waals surface area (Å²) >= 11 is 3.98. The largest absolute Gasteiger partial charge is 0.395 e. The van der Waals surface area contributed by atoms with Crippen molar-refractivity contribution in [3.05, 3.63) is 0 Å². The third kappa shape index (κ3) is 3.26. The van der Waals surface area contributed by atoms with Gasteiger partial charge in [0.25, 0.3) is 0 Å². The number of aliphatic hydroxyl groups excluding tert-OH is 1. The van der Waals surface area contributed by atoms with Gasteiger partial charge < -0.3 is 5.11 Å². The van der Waals surface area contributed by atoms with Crippen molar-refractivity contribution in [2.75, 3.05) is 12.4 Å². The van der Waals surface area contributed by atoms with E-state index in [1.807, 2.05) is 23.5 Å². The summed E-state index contributed by atoms with van der Waals surface area (Å²) < 4.78 is 0.770. The van der Waals surface area contributed by atoms with Gasteiger partial charge in [-0.15, -0.1) is 23.5 Å². The van der Waals surface area contributed by atoms with Crippen molar-refractivity contribution in [3.8, 4) is 0 Å². The van der Waals surface area contributed by atoms with Crippen LogP contribution in [0, 0.1) is 0 Å². The van der Waals surface area contributed by atoms with Crippen molar-refractivity contribution in [3.63, 3.8) is 0 Å². The van der Waals surface area contributed by atoms with Gasteiger partial charge in [-0.25, -0.2) is 0 Å². The zero-order valence-corrected chi connectivity index (χ0v) is 8.59. The monoisotopic (exact) mass is 192 g/mol. The normalized spacial score (nSPS) is 31.1. The van der Waals surface area contributed by atoms with Crippen molar-refractivity contribution >= 4 is 23.5 Å². The molecular weight excluding hydrogens is 176 g/mol. The summed E-state index contributed by atoms with van der Waals surface area (Å²) in [6.45, 7) is 2.59. The Morgan fingerprint density at radius 3 is 2.91 bits per heavy atom. The van der Waals surface area contributed by atoms with Crippen molar-refractivity contribution in [2.45, 2.75) is 36.0 Å². The smallest absolute Gasteiger partial charge is 0.0558 e. The van der Waals surface area contributed by atoms with Crippen LogP contribution in [0.5, 0.6) is 0 Å². The van der Waals surface area contributed by atoms with Gasteiger partial charge in [0.05, 0.1) is 11.2 Å². The van der Waals surface area contributed by atoms with Gasteiger partial charge in [0.15, 0.2) is 0 Å². The molecule has 1 aliphatic rings. The van der Waals surface area contributed by atoms with Gasteiger partial charge in [0, 0.05) is 11.0 Å². The molecule has 0 aliphatic carbocycles. The first-order valence-corrected chi connectivity index (χ1v) is 6.24. The molecule has 11 heavy (non-hydrogen) atoms. The van der Waals surface area contributed by atoms with Gasteiger partial charge in [-0.05, 0) is 6.42 Å². The summed E-state index contributed by atoms with van der Waals surface area (Å²) in [6.07, 6.45) is 3.95. The van der Waals surface area contributed by atoms with Gasteiger partial charge in [0.1, 0.15) is 0 Å². The SMILES string of the molecule is CCCCC1SCC(CO)S1. The van der Waals surface area contributed by atoms with Gasteiger partial charge in [-0.1, -0.05) is 19.8 Å². The lowest BCUT2D eigenvalue weighted by Crippen LogP contribution is -2.06. The molecule has 2 unspecified atom stereocenters. The quantitative estimate of drug-likeness (QED) is 0.738. The average molecular weight is 192 g/mol.